The Morgan fingerprint density at radius 2 is 1.78 bits per heavy atom. The van der Waals surface area contributed by atoms with E-state index in [4.69, 9.17) is 5.11 Å². The monoisotopic (exact) mass is 383 g/mol. The topological polar surface area (TPSA) is 75.4 Å². The van der Waals surface area contributed by atoms with Crippen molar-refractivity contribution in [1.82, 2.24) is 14.7 Å². The molecule has 0 aliphatic rings. The predicted molar refractivity (Wildman–Crippen MR) is 90.9 cm³/mol. The molecule has 146 valence electrons. The Balaban J connectivity index is 2.19. The molecular formula is C18H20F3N3O3. The molecule has 0 spiro atoms. The van der Waals surface area contributed by atoms with Gasteiger partial charge in [-0.05, 0) is 31.5 Å². The number of rotatable bonds is 6. The summed E-state index contributed by atoms with van der Waals surface area (Å²) in [6, 6.07) is 4.30. The molecule has 0 radical (unpaired) electrons. The number of aryl methyl sites for hydroxylation is 2. The summed E-state index contributed by atoms with van der Waals surface area (Å²) < 4.78 is 39.6. The van der Waals surface area contributed by atoms with Crippen molar-refractivity contribution in [2.75, 3.05) is 6.54 Å². The molecule has 1 amide bonds. The second-order valence-electron chi connectivity index (χ2n) is 6.29. The number of amides is 1. The minimum absolute atomic E-state index is 0.0284. The Morgan fingerprint density at radius 1 is 1.19 bits per heavy atom. The third kappa shape index (κ3) is 5.08. The quantitative estimate of drug-likeness (QED) is 0.832. The van der Waals surface area contributed by atoms with Gasteiger partial charge in [-0.3, -0.25) is 14.3 Å². The number of carbonyl (C=O) groups excluding carboxylic acids is 1. The van der Waals surface area contributed by atoms with E-state index in [1.165, 1.54) is 12.1 Å². The van der Waals surface area contributed by atoms with Gasteiger partial charge in [0.05, 0.1) is 17.7 Å². The normalized spacial score (nSPS) is 11.5. The largest absolute Gasteiger partial charge is 0.480 e. The minimum Gasteiger partial charge on any atom is -0.480 e. The van der Waals surface area contributed by atoms with Crippen molar-refractivity contribution < 1.29 is 27.9 Å². The Morgan fingerprint density at radius 3 is 2.22 bits per heavy atom. The van der Waals surface area contributed by atoms with Gasteiger partial charge in [-0.1, -0.05) is 12.1 Å². The van der Waals surface area contributed by atoms with Crippen LogP contribution in [0.4, 0.5) is 13.2 Å². The standard InChI is InChI=1S/C18H20F3N3O3/c1-11-15(12(2)23(3)22-11)8-16(25)24(10-17(26)27)9-13-4-6-14(7-5-13)18(19,20)21/h4-7H,8-10H2,1-3H3,(H,26,27). The number of alkyl halides is 3. The fraction of sp³-hybridized carbons (Fsp3) is 0.389. The van der Waals surface area contributed by atoms with Crippen LogP contribution in [0.25, 0.3) is 0 Å². The van der Waals surface area contributed by atoms with Gasteiger partial charge in [0.25, 0.3) is 0 Å². The fourth-order valence-corrected chi connectivity index (χ4v) is 2.75. The van der Waals surface area contributed by atoms with Crippen molar-refractivity contribution in [3.8, 4) is 0 Å². The van der Waals surface area contributed by atoms with Gasteiger partial charge in [-0.25, -0.2) is 0 Å². The summed E-state index contributed by atoms with van der Waals surface area (Å²) in [5, 5.41) is 13.3. The molecule has 9 heteroatoms. The van der Waals surface area contributed by atoms with E-state index in [9.17, 15) is 22.8 Å². The Kier molecular flexibility index (Phi) is 5.92. The maximum absolute atomic E-state index is 12.7. The van der Waals surface area contributed by atoms with Gasteiger partial charge in [-0.15, -0.1) is 0 Å². The number of hydrogen-bond acceptors (Lipinski definition) is 3. The number of carboxylic acids is 1. The predicted octanol–water partition coefficient (Wildman–Crippen LogP) is 2.71. The number of carboxylic acid groups (broad SMARTS) is 1. The molecular weight excluding hydrogens is 363 g/mol. The van der Waals surface area contributed by atoms with Crippen LogP contribution >= 0.6 is 0 Å². The van der Waals surface area contributed by atoms with E-state index in [1.807, 2.05) is 0 Å². The van der Waals surface area contributed by atoms with E-state index in [2.05, 4.69) is 5.10 Å². The maximum Gasteiger partial charge on any atom is 0.416 e. The van der Waals surface area contributed by atoms with Crippen LogP contribution in [-0.2, 0) is 35.8 Å². The minimum atomic E-state index is -4.45. The molecule has 2 rings (SSSR count). The van der Waals surface area contributed by atoms with Crippen LogP contribution in [0.1, 0.15) is 28.1 Å². The van der Waals surface area contributed by atoms with Crippen molar-refractivity contribution >= 4 is 11.9 Å². The molecule has 2 aromatic rings. The van der Waals surface area contributed by atoms with Gasteiger partial charge in [0, 0.05) is 24.8 Å². The van der Waals surface area contributed by atoms with E-state index in [-0.39, 0.29) is 13.0 Å². The highest BCUT2D eigenvalue weighted by atomic mass is 19.4. The molecule has 27 heavy (non-hydrogen) atoms. The Labute approximate surface area is 154 Å². The first-order valence-electron chi connectivity index (χ1n) is 8.13. The highest BCUT2D eigenvalue weighted by molar-refractivity contribution is 5.83. The lowest BCUT2D eigenvalue weighted by Gasteiger charge is -2.21. The first-order chi connectivity index (χ1) is 12.5. The van der Waals surface area contributed by atoms with Gasteiger partial charge < -0.3 is 10.0 Å². The molecule has 0 aliphatic carbocycles. The van der Waals surface area contributed by atoms with Crippen LogP contribution < -0.4 is 0 Å². The molecule has 1 N–H and O–H groups in total. The van der Waals surface area contributed by atoms with Crippen molar-refractivity contribution in [3.05, 3.63) is 52.3 Å². The van der Waals surface area contributed by atoms with E-state index in [1.54, 1.807) is 25.6 Å². The van der Waals surface area contributed by atoms with Gasteiger partial charge >= 0.3 is 12.1 Å². The maximum atomic E-state index is 12.7. The number of benzene rings is 1. The zero-order valence-electron chi connectivity index (χ0n) is 15.2. The third-order valence-corrected chi connectivity index (χ3v) is 4.32. The van der Waals surface area contributed by atoms with Crippen LogP contribution in [0.2, 0.25) is 0 Å². The molecule has 0 atom stereocenters. The summed E-state index contributed by atoms with van der Waals surface area (Å²) in [4.78, 5) is 24.9. The van der Waals surface area contributed by atoms with Gasteiger partial charge in [0.1, 0.15) is 6.54 Å². The molecule has 0 aliphatic heterocycles. The molecule has 1 aromatic carbocycles. The van der Waals surface area contributed by atoms with E-state index in [0.29, 0.717) is 16.8 Å². The summed E-state index contributed by atoms with van der Waals surface area (Å²) in [6.45, 7) is 2.92. The number of aliphatic carboxylic acids is 1. The first-order valence-corrected chi connectivity index (χ1v) is 8.13. The highest BCUT2D eigenvalue weighted by Gasteiger charge is 2.30. The van der Waals surface area contributed by atoms with Crippen LogP contribution in [0.5, 0.6) is 0 Å². The van der Waals surface area contributed by atoms with Crippen LogP contribution in [-0.4, -0.2) is 38.2 Å². The van der Waals surface area contributed by atoms with Gasteiger partial charge in [0.2, 0.25) is 5.91 Å². The summed E-state index contributed by atoms with van der Waals surface area (Å²) in [6.07, 6.45) is -4.48. The van der Waals surface area contributed by atoms with Crippen molar-refractivity contribution in [2.24, 2.45) is 7.05 Å². The number of carbonyl (C=O) groups is 2. The fourth-order valence-electron chi connectivity index (χ4n) is 2.75. The van der Waals surface area contributed by atoms with Gasteiger partial charge in [-0.2, -0.15) is 18.3 Å². The summed E-state index contributed by atoms with van der Waals surface area (Å²) in [7, 11) is 1.74. The molecule has 0 saturated carbocycles. The van der Waals surface area contributed by atoms with E-state index < -0.39 is 30.2 Å². The lowest BCUT2D eigenvalue weighted by Crippen LogP contribution is -2.36. The summed E-state index contributed by atoms with van der Waals surface area (Å²) in [5.74, 6) is -1.63. The second kappa shape index (κ2) is 7.81. The average Bonchev–Trinajstić information content (AvgIpc) is 2.79. The molecule has 0 fully saturated rings. The molecule has 1 heterocycles. The number of halogens is 3. The zero-order valence-corrected chi connectivity index (χ0v) is 15.2. The summed E-state index contributed by atoms with van der Waals surface area (Å²) >= 11 is 0. The van der Waals surface area contributed by atoms with Gasteiger partial charge in [0.15, 0.2) is 0 Å². The van der Waals surface area contributed by atoms with E-state index >= 15 is 0 Å². The average molecular weight is 383 g/mol. The van der Waals surface area contributed by atoms with Crippen molar-refractivity contribution in [1.29, 1.82) is 0 Å². The molecule has 6 nitrogen and oxygen atoms in total. The third-order valence-electron chi connectivity index (χ3n) is 4.32. The Hall–Kier alpha value is -2.84. The van der Waals surface area contributed by atoms with E-state index in [0.717, 1.165) is 22.7 Å². The van der Waals surface area contributed by atoms with Crippen molar-refractivity contribution in [2.45, 2.75) is 33.0 Å². The number of nitrogens with zero attached hydrogens (tertiary/aromatic N) is 3. The first kappa shape index (κ1) is 20.5. The second-order valence-corrected chi connectivity index (χ2v) is 6.29. The van der Waals surface area contributed by atoms with Crippen LogP contribution in [0, 0.1) is 13.8 Å². The van der Waals surface area contributed by atoms with Crippen LogP contribution in [0.15, 0.2) is 24.3 Å². The summed E-state index contributed by atoms with van der Waals surface area (Å²) in [5.41, 5.74) is 1.80. The Bertz CT molecular complexity index is 842. The number of aromatic nitrogens is 2. The lowest BCUT2D eigenvalue weighted by atomic mass is 10.1. The smallest absolute Gasteiger partial charge is 0.416 e. The lowest BCUT2D eigenvalue weighted by molar-refractivity contribution is -0.144. The molecule has 0 unspecified atom stereocenters. The SMILES string of the molecule is Cc1nn(C)c(C)c1CC(=O)N(CC(=O)O)Cc1ccc(C(F)(F)F)cc1. The highest BCUT2D eigenvalue weighted by Crippen LogP contribution is 2.29. The molecule has 0 saturated heterocycles. The molecule has 0 bridgehead atoms. The number of hydrogen-bond donors (Lipinski definition) is 1. The van der Waals surface area contributed by atoms with Crippen molar-refractivity contribution in [3.63, 3.8) is 0 Å². The zero-order chi connectivity index (χ0) is 20.4. The molecule has 1 aromatic heterocycles. The van der Waals surface area contributed by atoms with Crippen LogP contribution in [0.3, 0.4) is 0 Å².